The lowest BCUT2D eigenvalue weighted by Gasteiger charge is -2.04. The molecule has 0 spiro atoms. The highest BCUT2D eigenvalue weighted by Gasteiger charge is 2.19. The predicted molar refractivity (Wildman–Crippen MR) is 95.0 cm³/mol. The van der Waals surface area contributed by atoms with Crippen LogP contribution in [0.15, 0.2) is 53.4 Å². The fraction of sp³-hybridized carbons (Fsp3) is 0.235. The zero-order valence-corrected chi connectivity index (χ0v) is 15.0. The monoisotopic (exact) mass is 364 g/mol. The van der Waals surface area contributed by atoms with Crippen LogP contribution in [-0.2, 0) is 16.4 Å². The Kier molecular flexibility index (Phi) is 6.24. The van der Waals surface area contributed by atoms with Gasteiger partial charge in [-0.2, -0.15) is 13.1 Å². The van der Waals surface area contributed by atoms with Gasteiger partial charge in [-0.15, -0.1) is 0 Å². The van der Waals surface area contributed by atoms with Crippen LogP contribution in [0.4, 0.5) is 0 Å². The van der Waals surface area contributed by atoms with Crippen LogP contribution in [0.5, 0.6) is 11.5 Å². The number of sulfonamides is 1. The summed E-state index contributed by atoms with van der Waals surface area (Å²) in [6.45, 7) is 0.489. The first kappa shape index (κ1) is 18.6. The Morgan fingerprint density at radius 1 is 1.00 bits per heavy atom. The molecule has 8 heteroatoms. The van der Waals surface area contributed by atoms with Gasteiger partial charge in [0.15, 0.2) is 0 Å². The molecule has 0 aliphatic rings. The van der Waals surface area contributed by atoms with Gasteiger partial charge in [0.05, 0.1) is 20.8 Å². The highest BCUT2D eigenvalue weighted by atomic mass is 32.2. The second-order valence-electron chi connectivity index (χ2n) is 5.22. The molecule has 2 rings (SSSR count). The van der Waals surface area contributed by atoms with E-state index in [9.17, 15) is 8.42 Å². The van der Waals surface area contributed by atoms with Gasteiger partial charge in [0.2, 0.25) is 0 Å². The first-order valence-corrected chi connectivity index (χ1v) is 9.09. The SMILES string of the molecule is COc1ccc(CC[NH+]=C(N)NS(=O)(=O)c2ccc(OC)cc2)cc1. The minimum absolute atomic E-state index is 0.0238. The number of ether oxygens (including phenoxy) is 2. The molecule has 0 aliphatic carbocycles. The molecule has 25 heavy (non-hydrogen) atoms. The van der Waals surface area contributed by atoms with Crippen molar-refractivity contribution >= 4 is 16.0 Å². The van der Waals surface area contributed by atoms with E-state index in [1.165, 1.54) is 19.2 Å². The zero-order chi connectivity index (χ0) is 18.3. The lowest BCUT2D eigenvalue weighted by molar-refractivity contribution is -0.459. The van der Waals surface area contributed by atoms with Crippen molar-refractivity contribution in [2.75, 3.05) is 20.8 Å². The second-order valence-corrected chi connectivity index (χ2v) is 6.90. The largest absolute Gasteiger partial charge is 0.497 e. The Morgan fingerprint density at radius 3 is 2.04 bits per heavy atom. The summed E-state index contributed by atoms with van der Waals surface area (Å²) in [7, 11) is -0.609. The van der Waals surface area contributed by atoms with Gasteiger partial charge in [0, 0.05) is 6.42 Å². The Hall–Kier alpha value is -2.74. The molecule has 0 saturated carbocycles. The van der Waals surface area contributed by atoms with Crippen LogP contribution in [0.25, 0.3) is 0 Å². The summed E-state index contributed by atoms with van der Waals surface area (Å²) >= 11 is 0. The van der Waals surface area contributed by atoms with Gasteiger partial charge < -0.3 is 9.47 Å². The van der Waals surface area contributed by atoms with Crippen LogP contribution < -0.4 is 24.9 Å². The normalized spacial score (nSPS) is 11.8. The molecule has 134 valence electrons. The Morgan fingerprint density at radius 2 is 1.52 bits per heavy atom. The molecular formula is C17H22N3O4S+. The third-order valence-electron chi connectivity index (χ3n) is 3.50. The maximum Gasteiger partial charge on any atom is 0.356 e. The molecule has 0 unspecified atom stereocenters. The van der Waals surface area contributed by atoms with Crippen molar-refractivity contribution in [3.05, 3.63) is 54.1 Å². The molecule has 7 nitrogen and oxygen atoms in total. The summed E-state index contributed by atoms with van der Waals surface area (Å²) in [5.41, 5.74) is 6.82. The van der Waals surface area contributed by atoms with Crippen LogP contribution in [0, 0.1) is 0 Å². The molecule has 0 radical (unpaired) electrons. The van der Waals surface area contributed by atoms with E-state index >= 15 is 0 Å². The van der Waals surface area contributed by atoms with E-state index in [4.69, 9.17) is 15.2 Å². The molecule has 2 aromatic rings. The number of rotatable bonds is 7. The topological polar surface area (TPSA) is 105 Å². The van der Waals surface area contributed by atoms with Crippen molar-refractivity contribution in [1.29, 1.82) is 0 Å². The zero-order valence-electron chi connectivity index (χ0n) is 14.2. The number of nitrogens with two attached hydrogens (primary N) is 1. The molecule has 2 aromatic carbocycles. The molecule has 0 atom stereocenters. The first-order chi connectivity index (χ1) is 11.9. The summed E-state index contributed by atoms with van der Waals surface area (Å²) in [4.78, 5) is 2.96. The maximum atomic E-state index is 12.2. The van der Waals surface area contributed by atoms with Gasteiger partial charge >= 0.3 is 16.0 Å². The van der Waals surface area contributed by atoms with Gasteiger partial charge in [0.1, 0.15) is 16.4 Å². The summed E-state index contributed by atoms with van der Waals surface area (Å²) in [6.07, 6.45) is 0.689. The number of benzene rings is 2. The second kappa shape index (κ2) is 8.39. The van der Waals surface area contributed by atoms with E-state index < -0.39 is 10.0 Å². The lowest BCUT2D eigenvalue weighted by Crippen LogP contribution is -2.79. The fourth-order valence-corrected chi connectivity index (χ4v) is 3.10. The molecular weight excluding hydrogens is 342 g/mol. The molecule has 0 amide bonds. The van der Waals surface area contributed by atoms with Crippen LogP contribution in [0.2, 0.25) is 0 Å². The molecule has 0 aliphatic heterocycles. The average molecular weight is 364 g/mol. The lowest BCUT2D eigenvalue weighted by atomic mass is 10.1. The minimum atomic E-state index is -3.74. The third kappa shape index (κ3) is 5.39. The number of methoxy groups -OCH3 is 2. The molecule has 0 saturated heterocycles. The van der Waals surface area contributed by atoms with Gasteiger partial charge in [-0.25, -0.2) is 0 Å². The predicted octanol–water partition coefficient (Wildman–Crippen LogP) is -0.380. The average Bonchev–Trinajstić information content (AvgIpc) is 2.62. The maximum absolute atomic E-state index is 12.2. The number of nitrogens with one attached hydrogen (secondary N) is 2. The van der Waals surface area contributed by atoms with Gasteiger partial charge in [-0.3, -0.25) is 10.7 Å². The van der Waals surface area contributed by atoms with E-state index in [1.807, 2.05) is 24.3 Å². The molecule has 0 fully saturated rings. The van der Waals surface area contributed by atoms with Crippen molar-refractivity contribution < 1.29 is 22.9 Å². The smallest absolute Gasteiger partial charge is 0.356 e. The van der Waals surface area contributed by atoms with Crippen molar-refractivity contribution in [2.45, 2.75) is 11.3 Å². The first-order valence-electron chi connectivity index (χ1n) is 7.60. The van der Waals surface area contributed by atoms with Crippen molar-refractivity contribution in [1.82, 2.24) is 4.72 Å². The number of hydrogen-bond donors (Lipinski definition) is 3. The summed E-state index contributed by atoms with van der Waals surface area (Å²) < 4.78 is 36.9. The summed E-state index contributed by atoms with van der Waals surface area (Å²) in [5.74, 6) is 1.34. The highest BCUT2D eigenvalue weighted by molar-refractivity contribution is 7.90. The van der Waals surface area contributed by atoms with Gasteiger partial charge in [-0.1, -0.05) is 12.1 Å². The Bertz CT molecular complexity index is 816. The summed E-state index contributed by atoms with van der Waals surface area (Å²) in [6, 6.07) is 13.7. The van der Waals surface area contributed by atoms with E-state index in [0.29, 0.717) is 18.7 Å². The Balaban J connectivity index is 1.94. The van der Waals surface area contributed by atoms with E-state index in [2.05, 4.69) is 9.71 Å². The standard InChI is InChI=1S/C17H21N3O4S/c1-23-14-5-3-13(4-6-14)11-12-19-17(18)20-25(21,22)16-9-7-15(24-2)8-10-16/h3-10H,11-12H2,1-2H3,(H3,18,19,20)/p+1. The van der Waals surface area contributed by atoms with Gasteiger partial charge in [0.25, 0.3) is 0 Å². The number of guanidine groups is 1. The quantitative estimate of drug-likeness (QED) is 0.459. The van der Waals surface area contributed by atoms with Crippen LogP contribution in [0.1, 0.15) is 5.56 Å². The molecule has 0 aromatic heterocycles. The van der Waals surface area contributed by atoms with E-state index in [1.54, 1.807) is 19.2 Å². The van der Waals surface area contributed by atoms with Crippen molar-refractivity contribution in [2.24, 2.45) is 5.73 Å². The molecule has 0 bridgehead atoms. The molecule has 4 N–H and O–H groups in total. The molecule has 0 heterocycles. The van der Waals surface area contributed by atoms with Crippen LogP contribution >= 0.6 is 0 Å². The van der Waals surface area contributed by atoms with Crippen LogP contribution in [-0.4, -0.2) is 35.1 Å². The van der Waals surface area contributed by atoms with E-state index in [0.717, 1.165) is 11.3 Å². The Labute approximate surface area is 147 Å². The van der Waals surface area contributed by atoms with Crippen LogP contribution in [0.3, 0.4) is 0 Å². The highest BCUT2D eigenvalue weighted by Crippen LogP contribution is 2.15. The van der Waals surface area contributed by atoms with E-state index in [-0.39, 0.29) is 10.9 Å². The van der Waals surface area contributed by atoms with Crippen molar-refractivity contribution in [3.8, 4) is 11.5 Å². The third-order valence-corrected chi connectivity index (χ3v) is 4.88. The van der Waals surface area contributed by atoms with Gasteiger partial charge in [-0.05, 0) is 42.0 Å². The summed E-state index contributed by atoms with van der Waals surface area (Å²) in [5, 5.41) is 0. The van der Waals surface area contributed by atoms with Crippen molar-refractivity contribution in [3.63, 3.8) is 0 Å². The fourth-order valence-electron chi connectivity index (χ4n) is 2.13. The minimum Gasteiger partial charge on any atom is -0.497 e. The number of hydrogen-bond acceptors (Lipinski definition) is 4.